The van der Waals surface area contributed by atoms with Crippen molar-refractivity contribution in [3.8, 4) is 0 Å². The summed E-state index contributed by atoms with van der Waals surface area (Å²) in [6, 6.07) is 0. The number of rotatable bonds is 5. The highest BCUT2D eigenvalue weighted by molar-refractivity contribution is 4.85. The van der Waals surface area contributed by atoms with Gasteiger partial charge in [-0.05, 0) is 20.8 Å². The van der Waals surface area contributed by atoms with Crippen LogP contribution in [0.15, 0.2) is 0 Å². The van der Waals surface area contributed by atoms with E-state index in [9.17, 15) is 0 Å². The molecule has 108 valence electrons. The van der Waals surface area contributed by atoms with E-state index in [2.05, 4.69) is 0 Å². The minimum atomic E-state index is -0.269. The molecule has 0 aromatic carbocycles. The lowest BCUT2D eigenvalue weighted by molar-refractivity contribution is -0.265. The Balaban J connectivity index is 2.64. The Morgan fingerprint density at radius 1 is 1.06 bits per heavy atom. The molecule has 1 heterocycles. The third-order valence-corrected chi connectivity index (χ3v) is 3.00. The number of methoxy groups -OCH3 is 3. The molecule has 1 saturated heterocycles. The van der Waals surface area contributed by atoms with Gasteiger partial charge in [0.1, 0.15) is 12.2 Å². The molecular weight excluding hydrogens is 236 g/mol. The second-order valence-electron chi connectivity index (χ2n) is 5.47. The summed E-state index contributed by atoms with van der Waals surface area (Å²) in [5, 5.41) is 0. The van der Waals surface area contributed by atoms with Crippen molar-refractivity contribution in [2.24, 2.45) is 0 Å². The fourth-order valence-electron chi connectivity index (χ4n) is 2.04. The zero-order valence-electron chi connectivity index (χ0n) is 12.3. The van der Waals surface area contributed by atoms with Gasteiger partial charge in [0.15, 0.2) is 6.29 Å². The largest absolute Gasteiger partial charge is 0.378 e. The summed E-state index contributed by atoms with van der Waals surface area (Å²) in [5.74, 6) is 0. The molecule has 0 aromatic heterocycles. The molecule has 0 bridgehead atoms. The highest BCUT2D eigenvalue weighted by atomic mass is 16.7. The first-order chi connectivity index (χ1) is 8.41. The van der Waals surface area contributed by atoms with Gasteiger partial charge in [-0.3, -0.25) is 0 Å². The summed E-state index contributed by atoms with van der Waals surface area (Å²) < 4.78 is 27.8. The SMILES string of the molecule is CO[C@@H]1C[C@H](OC)[C@@H](OC)[C@@H](COC(C)(C)C)O1. The summed E-state index contributed by atoms with van der Waals surface area (Å²) in [5.41, 5.74) is -0.204. The van der Waals surface area contributed by atoms with Gasteiger partial charge in [-0.2, -0.15) is 0 Å². The summed E-state index contributed by atoms with van der Waals surface area (Å²) >= 11 is 0. The summed E-state index contributed by atoms with van der Waals surface area (Å²) in [7, 11) is 4.97. The van der Waals surface area contributed by atoms with Gasteiger partial charge in [-0.25, -0.2) is 0 Å². The van der Waals surface area contributed by atoms with Crippen molar-refractivity contribution in [3.05, 3.63) is 0 Å². The van der Waals surface area contributed by atoms with Crippen LogP contribution in [0.4, 0.5) is 0 Å². The van der Waals surface area contributed by atoms with Crippen molar-refractivity contribution in [1.29, 1.82) is 0 Å². The average molecular weight is 262 g/mol. The van der Waals surface area contributed by atoms with Crippen LogP contribution in [-0.4, -0.2) is 58.1 Å². The minimum absolute atomic E-state index is 0.0396. The summed E-state index contributed by atoms with van der Waals surface area (Å²) in [6.07, 6.45) is 0.0381. The van der Waals surface area contributed by atoms with Crippen molar-refractivity contribution < 1.29 is 23.7 Å². The Bertz CT molecular complexity index is 238. The lowest BCUT2D eigenvalue weighted by Crippen LogP contribution is -2.52. The van der Waals surface area contributed by atoms with Gasteiger partial charge in [0.25, 0.3) is 0 Å². The second-order valence-corrected chi connectivity index (χ2v) is 5.47. The first-order valence-electron chi connectivity index (χ1n) is 6.29. The van der Waals surface area contributed by atoms with Crippen molar-refractivity contribution in [3.63, 3.8) is 0 Å². The van der Waals surface area contributed by atoms with Crippen LogP contribution in [0, 0.1) is 0 Å². The molecule has 0 amide bonds. The fraction of sp³-hybridized carbons (Fsp3) is 1.00. The van der Waals surface area contributed by atoms with Gasteiger partial charge in [-0.15, -0.1) is 0 Å². The molecule has 18 heavy (non-hydrogen) atoms. The lowest BCUT2D eigenvalue weighted by Gasteiger charge is -2.40. The summed E-state index contributed by atoms with van der Waals surface area (Å²) in [6.45, 7) is 6.50. The van der Waals surface area contributed by atoms with Crippen molar-refractivity contribution in [2.45, 2.75) is 57.4 Å². The van der Waals surface area contributed by atoms with Crippen LogP contribution in [0.25, 0.3) is 0 Å². The van der Waals surface area contributed by atoms with Crippen molar-refractivity contribution in [2.75, 3.05) is 27.9 Å². The van der Waals surface area contributed by atoms with E-state index in [4.69, 9.17) is 23.7 Å². The van der Waals surface area contributed by atoms with Crippen LogP contribution in [-0.2, 0) is 23.7 Å². The monoisotopic (exact) mass is 262 g/mol. The predicted octanol–water partition coefficient (Wildman–Crippen LogP) is 1.59. The maximum atomic E-state index is 5.81. The Labute approximate surface area is 110 Å². The van der Waals surface area contributed by atoms with E-state index in [1.165, 1.54) is 0 Å². The predicted molar refractivity (Wildman–Crippen MR) is 67.6 cm³/mol. The Kier molecular flexibility index (Phi) is 6.01. The lowest BCUT2D eigenvalue weighted by atomic mass is 10.0. The third kappa shape index (κ3) is 4.48. The van der Waals surface area contributed by atoms with Crippen LogP contribution in [0.2, 0.25) is 0 Å². The van der Waals surface area contributed by atoms with Crippen LogP contribution in [0.5, 0.6) is 0 Å². The van der Waals surface area contributed by atoms with E-state index in [0.29, 0.717) is 13.0 Å². The van der Waals surface area contributed by atoms with Crippen molar-refractivity contribution in [1.82, 2.24) is 0 Å². The molecule has 1 rings (SSSR count). The summed E-state index contributed by atoms with van der Waals surface area (Å²) in [4.78, 5) is 0. The molecule has 0 saturated carbocycles. The van der Waals surface area contributed by atoms with E-state index >= 15 is 0 Å². The molecule has 1 aliphatic rings. The molecule has 1 fully saturated rings. The minimum Gasteiger partial charge on any atom is -0.378 e. The van der Waals surface area contributed by atoms with Gasteiger partial charge < -0.3 is 23.7 Å². The molecular formula is C13H26O5. The Hall–Kier alpha value is -0.200. The van der Waals surface area contributed by atoms with E-state index in [0.717, 1.165) is 0 Å². The third-order valence-electron chi connectivity index (χ3n) is 3.00. The Morgan fingerprint density at radius 3 is 2.17 bits per heavy atom. The normalized spacial score (nSPS) is 33.7. The second kappa shape index (κ2) is 6.82. The molecule has 0 aromatic rings. The molecule has 5 nitrogen and oxygen atoms in total. The molecule has 0 unspecified atom stereocenters. The first kappa shape index (κ1) is 15.9. The number of hydrogen-bond donors (Lipinski definition) is 0. The topological polar surface area (TPSA) is 46.2 Å². The molecule has 4 atom stereocenters. The van der Waals surface area contributed by atoms with E-state index in [1.807, 2.05) is 20.8 Å². The van der Waals surface area contributed by atoms with Gasteiger partial charge >= 0.3 is 0 Å². The maximum absolute atomic E-state index is 5.81. The van der Waals surface area contributed by atoms with E-state index < -0.39 is 0 Å². The number of hydrogen-bond acceptors (Lipinski definition) is 5. The van der Waals surface area contributed by atoms with E-state index in [1.54, 1.807) is 21.3 Å². The molecule has 0 spiro atoms. The van der Waals surface area contributed by atoms with Crippen LogP contribution in [0.1, 0.15) is 27.2 Å². The maximum Gasteiger partial charge on any atom is 0.160 e. The number of ether oxygens (including phenoxy) is 5. The highest BCUT2D eigenvalue weighted by Gasteiger charge is 2.40. The van der Waals surface area contributed by atoms with Crippen LogP contribution in [0.3, 0.4) is 0 Å². The van der Waals surface area contributed by atoms with Gasteiger partial charge in [-0.1, -0.05) is 0 Å². The fourth-order valence-corrected chi connectivity index (χ4v) is 2.04. The molecule has 5 heteroatoms. The zero-order valence-corrected chi connectivity index (χ0v) is 12.3. The average Bonchev–Trinajstić information content (AvgIpc) is 2.33. The van der Waals surface area contributed by atoms with Crippen LogP contribution >= 0.6 is 0 Å². The van der Waals surface area contributed by atoms with Gasteiger partial charge in [0, 0.05) is 27.8 Å². The van der Waals surface area contributed by atoms with Crippen molar-refractivity contribution >= 4 is 0 Å². The molecule has 0 aliphatic carbocycles. The van der Waals surface area contributed by atoms with Gasteiger partial charge in [0.05, 0.1) is 18.3 Å². The molecule has 0 N–H and O–H groups in total. The highest BCUT2D eigenvalue weighted by Crippen LogP contribution is 2.26. The molecule has 0 radical (unpaired) electrons. The van der Waals surface area contributed by atoms with Gasteiger partial charge in [0.2, 0.25) is 0 Å². The van der Waals surface area contributed by atoms with Crippen LogP contribution < -0.4 is 0 Å². The zero-order chi connectivity index (χ0) is 13.8. The quantitative estimate of drug-likeness (QED) is 0.753. The smallest absolute Gasteiger partial charge is 0.160 e. The van der Waals surface area contributed by atoms with E-state index in [-0.39, 0.29) is 30.2 Å². The Morgan fingerprint density at radius 2 is 1.72 bits per heavy atom. The standard InChI is InChI=1S/C13H26O5/c1-13(2,3)17-8-10-12(16-6)9(14-4)7-11(15-5)18-10/h9-12H,7-8H2,1-6H3/t9-,10+,11-,12+/m0/s1. The molecule has 1 aliphatic heterocycles. The first-order valence-corrected chi connectivity index (χ1v) is 6.29.